The zero-order valence-electron chi connectivity index (χ0n) is 7.56. The summed E-state index contributed by atoms with van der Waals surface area (Å²) in [5.74, 6) is -0.317. The molecule has 0 amide bonds. The number of carboxylic acids is 1. The van der Waals surface area contributed by atoms with Gasteiger partial charge in [0, 0.05) is 11.6 Å². The van der Waals surface area contributed by atoms with E-state index < -0.39 is 5.97 Å². The molecule has 0 saturated heterocycles. The van der Waals surface area contributed by atoms with Crippen LogP contribution in [0.2, 0.25) is 0 Å². The van der Waals surface area contributed by atoms with Crippen LogP contribution in [-0.2, 0) is 0 Å². The van der Waals surface area contributed by atoms with E-state index in [9.17, 15) is 4.79 Å². The zero-order valence-corrected chi connectivity index (χ0v) is 7.56. The predicted molar refractivity (Wildman–Crippen MR) is 51.2 cm³/mol. The molecule has 1 aromatic carbocycles. The monoisotopic (exact) mass is 188 g/mol. The molecule has 0 aliphatic carbocycles. The van der Waals surface area contributed by atoms with Gasteiger partial charge in [-0.3, -0.25) is 0 Å². The number of nitrogens with zero attached hydrogens (tertiary/aromatic N) is 2. The molecular weight excluding hydrogens is 180 g/mol. The Morgan fingerprint density at radius 3 is 2.93 bits per heavy atom. The minimum absolute atomic E-state index is 0.238. The van der Waals surface area contributed by atoms with Crippen molar-refractivity contribution in [3.05, 3.63) is 35.8 Å². The maximum atomic E-state index is 10.8. The Kier molecular flexibility index (Phi) is 1.89. The van der Waals surface area contributed by atoms with Gasteiger partial charge in [-0.15, -0.1) is 0 Å². The lowest BCUT2D eigenvalue weighted by atomic mass is 10.1. The molecule has 1 N–H and O–H groups in total. The van der Waals surface area contributed by atoms with Gasteiger partial charge in [-0.25, -0.2) is 14.8 Å². The summed E-state index contributed by atoms with van der Waals surface area (Å²) in [7, 11) is 0. The minimum atomic E-state index is -0.956. The molecule has 4 heteroatoms. The smallest absolute Gasteiger partial charge is 0.336 e. The van der Waals surface area contributed by atoms with Crippen LogP contribution in [0.25, 0.3) is 10.9 Å². The average molecular weight is 188 g/mol. The van der Waals surface area contributed by atoms with Gasteiger partial charge >= 0.3 is 5.97 Å². The first-order chi connectivity index (χ1) is 6.68. The second kappa shape index (κ2) is 3.06. The quantitative estimate of drug-likeness (QED) is 0.738. The molecular formula is C10H8N2O2. The Labute approximate surface area is 80.2 Å². The van der Waals surface area contributed by atoms with Gasteiger partial charge in [-0.05, 0) is 19.1 Å². The van der Waals surface area contributed by atoms with Crippen LogP contribution in [0, 0.1) is 6.92 Å². The number of carboxylic acid groups (broad SMARTS) is 1. The Hall–Kier alpha value is -1.97. The molecule has 0 unspecified atom stereocenters. The highest BCUT2D eigenvalue weighted by Crippen LogP contribution is 2.15. The molecule has 1 heterocycles. The molecule has 14 heavy (non-hydrogen) atoms. The molecule has 1 aromatic heterocycles. The summed E-state index contributed by atoms with van der Waals surface area (Å²) in [5.41, 5.74) is 0.903. The molecule has 0 aliphatic rings. The topological polar surface area (TPSA) is 63.1 Å². The van der Waals surface area contributed by atoms with Gasteiger partial charge in [0.1, 0.15) is 5.82 Å². The van der Waals surface area contributed by atoms with E-state index in [2.05, 4.69) is 9.97 Å². The first kappa shape index (κ1) is 8.62. The summed E-state index contributed by atoms with van der Waals surface area (Å²) in [6.07, 6.45) is 1.54. The highest BCUT2D eigenvalue weighted by Gasteiger charge is 2.08. The zero-order chi connectivity index (χ0) is 10.1. The molecule has 2 rings (SSSR count). The lowest BCUT2D eigenvalue weighted by molar-refractivity contribution is 0.0699. The van der Waals surface area contributed by atoms with E-state index >= 15 is 0 Å². The third-order valence-electron chi connectivity index (χ3n) is 1.98. The third kappa shape index (κ3) is 1.31. The van der Waals surface area contributed by atoms with Crippen molar-refractivity contribution in [3.8, 4) is 0 Å². The summed E-state index contributed by atoms with van der Waals surface area (Å²) < 4.78 is 0. The van der Waals surface area contributed by atoms with Crippen LogP contribution in [0.5, 0.6) is 0 Å². The SMILES string of the molecule is Cc1ncc2c(C(=O)O)cccc2n1. The van der Waals surface area contributed by atoms with Gasteiger partial charge in [0.15, 0.2) is 0 Å². The fourth-order valence-electron chi connectivity index (χ4n) is 1.33. The van der Waals surface area contributed by atoms with Crippen LogP contribution in [0.3, 0.4) is 0 Å². The molecule has 0 aliphatic heterocycles. The third-order valence-corrected chi connectivity index (χ3v) is 1.98. The normalized spacial score (nSPS) is 10.4. The summed E-state index contributed by atoms with van der Waals surface area (Å²) in [5, 5.41) is 9.47. The van der Waals surface area contributed by atoms with Gasteiger partial charge in [0.25, 0.3) is 0 Å². The average Bonchev–Trinajstić information content (AvgIpc) is 2.16. The molecule has 0 bridgehead atoms. The first-order valence-corrected chi connectivity index (χ1v) is 4.14. The van der Waals surface area contributed by atoms with Gasteiger partial charge in [-0.2, -0.15) is 0 Å². The number of benzene rings is 1. The predicted octanol–water partition coefficient (Wildman–Crippen LogP) is 1.64. The number of fused-ring (bicyclic) bond motifs is 1. The van der Waals surface area contributed by atoms with E-state index in [1.54, 1.807) is 31.3 Å². The minimum Gasteiger partial charge on any atom is -0.478 e. The van der Waals surface area contributed by atoms with Gasteiger partial charge in [0.2, 0.25) is 0 Å². The van der Waals surface area contributed by atoms with Gasteiger partial charge in [0.05, 0.1) is 11.1 Å². The Morgan fingerprint density at radius 1 is 1.43 bits per heavy atom. The highest BCUT2D eigenvalue weighted by atomic mass is 16.4. The van der Waals surface area contributed by atoms with Gasteiger partial charge in [-0.1, -0.05) is 6.07 Å². The van der Waals surface area contributed by atoms with Crippen LogP contribution >= 0.6 is 0 Å². The van der Waals surface area contributed by atoms with Crippen molar-refractivity contribution in [1.82, 2.24) is 9.97 Å². The number of hydrogen-bond donors (Lipinski definition) is 1. The van der Waals surface area contributed by atoms with Crippen molar-refractivity contribution in [2.24, 2.45) is 0 Å². The summed E-state index contributed by atoms with van der Waals surface area (Å²) in [6, 6.07) is 5.00. The van der Waals surface area contributed by atoms with Crippen molar-refractivity contribution in [2.45, 2.75) is 6.92 Å². The van der Waals surface area contributed by atoms with E-state index in [-0.39, 0.29) is 5.56 Å². The molecule has 0 spiro atoms. The highest BCUT2D eigenvalue weighted by molar-refractivity contribution is 6.02. The second-order valence-corrected chi connectivity index (χ2v) is 2.96. The molecule has 0 atom stereocenters. The number of aromatic nitrogens is 2. The van der Waals surface area contributed by atoms with Crippen LogP contribution < -0.4 is 0 Å². The Morgan fingerprint density at radius 2 is 2.21 bits per heavy atom. The molecule has 4 nitrogen and oxygen atoms in total. The van der Waals surface area contributed by atoms with Crippen molar-refractivity contribution in [3.63, 3.8) is 0 Å². The maximum absolute atomic E-state index is 10.8. The van der Waals surface area contributed by atoms with E-state index in [1.165, 1.54) is 0 Å². The molecule has 0 fully saturated rings. The summed E-state index contributed by atoms with van der Waals surface area (Å²) in [4.78, 5) is 19.0. The first-order valence-electron chi connectivity index (χ1n) is 4.14. The van der Waals surface area contributed by atoms with Crippen molar-refractivity contribution in [2.75, 3.05) is 0 Å². The van der Waals surface area contributed by atoms with E-state index in [0.29, 0.717) is 16.7 Å². The van der Waals surface area contributed by atoms with Crippen LogP contribution in [0.1, 0.15) is 16.2 Å². The molecule has 0 saturated carbocycles. The lowest BCUT2D eigenvalue weighted by Gasteiger charge is -2.01. The summed E-state index contributed by atoms with van der Waals surface area (Å²) >= 11 is 0. The standard InChI is InChI=1S/C10H8N2O2/c1-6-11-5-8-7(10(13)14)3-2-4-9(8)12-6/h2-5H,1H3,(H,13,14). The maximum Gasteiger partial charge on any atom is 0.336 e. The summed E-state index contributed by atoms with van der Waals surface area (Å²) in [6.45, 7) is 1.77. The number of rotatable bonds is 1. The Balaban J connectivity index is 2.81. The van der Waals surface area contributed by atoms with E-state index in [0.717, 1.165) is 0 Å². The number of aromatic carboxylic acids is 1. The molecule has 2 aromatic rings. The fourth-order valence-corrected chi connectivity index (χ4v) is 1.33. The largest absolute Gasteiger partial charge is 0.478 e. The van der Waals surface area contributed by atoms with Crippen LogP contribution in [0.15, 0.2) is 24.4 Å². The van der Waals surface area contributed by atoms with Crippen LogP contribution in [-0.4, -0.2) is 21.0 Å². The van der Waals surface area contributed by atoms with Crippen molar-refractivity contribution >= 4 is 16.9 Å². The van der Waals surface area contributed by atoms with E-state index in [1.807, 2.05) is 0 Å². The number of carbonyl (C=O) groups is 1. The lowest BCUT2D eigenvalue weighted by Crippen LogP contribution is -1.99. The molecule has 70 valence electrons. The van der Waals surface area contributed by atoms with Gasteiger partial charge < -0.3 is 5.11 Å². The van der Waals surface area contributed by atoms with Crippen molar-refractivity contribution < 1.29 is 9.90 Å². The van der Waals surface area contributed by atoms with Crippen molar-refractivity contribution in [1.29, 1.82) is 0 Å². The Bertz CT molecular complexity index is 508. The number of hydrogen-bond acceptors (Lipinski definition) is 3. The van der Waals surface area contributed by atoms with Crippen LogP contribution in [0.4, 0.5) is 0 Å². The molecule has 0 radical (unpaired) electrons. The second-order valence-electron chi connectivity index (χ2n) is 2.96. The number of aryl methyl sites for hydroxylation is 1. The van der Waals surface area contributed by atoms with E-state index in [4.69, 9.17) is 5.11 Å². The fraction of sp³-hybridized carbons (Fsp3) is 0.100.